The van der Waals surface area contributed by atoms with Gasteiger partial charge in [0.25, 0.3) is 5.91 Å². The third-order valence-electron chi connectivity index (χ3n) is 4.71. The van der Waals surface area contributed by atoms with E-state index in [1.807, 2.05) is 29.2 Å². The number of nitrogens with zero attached hydrogens (tertiary/aromatic N) is 1. The predicted octanol–water partition coefficient (Wildman–Crippen LogP) is 2.49. The molecular weight excluding hydrogens is 298 g/mol. The summed E-state index contributed by atoms with van der Waals surface area (Å²) < 4.78 is 0. The van der Waals surface area contributed by atoms with Crippen molar-refractivity contribution in [2.75, 3.05) is 19.6 Å². The first-order valence-corrected chi connectivity index (χ1v) is 8.62. The quantitative estimate of drug-likeness (QED) is 0.909. The standard InChI is InChI=1S/C20H25N3O/c1-2-15-3-7-17(8-4-15)19-14-22-11-12-23(19)20(24)18-9-5-16(13-21)6-10-18/h3-10,19,22H,2,11-14,21H2,1H3. The summed E-state index contributed by atoms with van der Waals surface area (Å²) in [5.74, 6) is 0.0876. The van der Waals surface area contributed by atoms with Gasteiger partial charge in [-0.3, -0.25) is 4.79 Å². The van der Waals surface area contributed by atoms with Crippen molar-refractivity contribution in [1.82, 2.24) is 10.2 Å². The molecule has 0 radical (unpaired) electrons. The number of amides is 1. The monoisotopic (exact) mass is 323 g/mol. The Balaban J connectivity index is 1.83. The Hall–Kier alpha value is -2.17. The first-order valence-electron chi connectivity index (χ1n) is 8.62. The molecule has 0 bridgehead atoms. The van der Waals surface area contributed by atoms with Crippen molar-refractivity contribution in [2.45, 2.75) is 25.9 Å². The summed E-state index contributed by atoms with van der Waals surface area (Å²) in [5, 5.41) is 3.41. The van der Waals surface area contributed by atoms with Crippen LogP contribution in [0.1, 0.15) is 40.0 Å². The minimum Gasteiger partial charge on any atom is -0.329 e. The van der Waals surface area contributed by atoms with Crippen LogP contribution in [0, 0.1) is 0 Å². The van der Waals surface area contributed by atoms with Crippen LogP contribution in [0.4, 0.5) is 0 Å². The number of rotatable bonds is 4. The number of aryl methyl sites for hydroxylation is 1. The van der Waals surface area contributed by atoms with Gasteiger partial charge in [-0.15, -0.1) is 0 Å². The van der Waals surface area contributed by atoms with Gasteiger partial charge in [-0.05, 0) is 35.2 Å². The minimum absolute atomic E-state index is 0.0753. The molecule has 1 saturated heterocycles. The third kappa shape index (κ3) is 3.50. The molecule has 1 amide bonds. The number of piperazine rings is 1. The minimum atomic E-state index is 0.0753. The van der Waals surface area contributed by atoms with E-state index in [9.17, 15) is 4.79 Å². The van der Waals surface area contributed by atoms with Crippen molar-refractivity contribution >= 4 is 5.91 Å². The van der Waals surface area contributed by atoms with E-state index < -0.39 is 0 Å². The molecular formula is C20H25N3O. The fourth-order valence-corrected chi connectivity index (χ4v) is 3.17. The second-order valence-corrected chi connectivity index (χ2v) is 6.21. The number of nitrogens with two attached hydrogens (primary N) is 1. The summed E-state index contributed by atoms with van der Waals surface area (Å²) in [7, 11) is 0. The molecule has 4 heteroatoms. The van der Waals surface area contributed by atoms with Crippen LogP contribution in [-0.4, -0.2) is 30.4 Å². The number of hydrogen-bond donors (Lipinski definition) is 2. The molecule has 4 nitrogen and oxygen atoms in total. The maximum Gasteiger partial charge on any atom is 0.254 e. The van der Waals surface area contributed by atoms with Crippen LogP contribution in [-0.2, 0) is 13.0 Å². The summed E-state index contributed by atoms with van der Waals surface area (Å²) >= 11 is 0. The lowest BCUT2D eigenvalue weighted by Crippen LogP contribution is -2.48. The smallest absolute Gasteiger partial charge is 0.254 e. The van der Waals surface area contributed by atoms with E-state index in [4.69, 9.17) is 5.73 Å². The lowest BCUT2D eigenvalue weighted by molar-refractivity contribution is 0.0634. The molecule has 1 aliphatic heterocycles. The van der Waals surface area contributed by atoms with Crippen LogP contribution < -0.4 is 11.1 Å². The van der Waals surface area contributed by atoms with E-state index in [0.717, 1.165) is 37.2 Å². The highest BCUT2D eigenvalue weighted by Crippen LogP contribution is 2.25. The van der Waals surface area contributed by atoms with Gasteiger partial charge in [-0.1, -0.05) is 43.3 Å². The highest BCUT2D eigenvalue weighted by atomic mass is 16.2. The molecule has 0 aromatic heterocycles. The lowest BCUT2D eigenvalue weighted by Gasteiger charge is -2.36. The zero-order valence-electron chi connectivity index (χ0n) is 14.2. The Morgan fingerprint density at radius 1 is 1.12 bits per heavy atom. The number of carbonyl (C=O) groups is 1. The number of benzene rings is 2. The van der Waals surface area contributed by atoms with Crippen LogP contribution >= 0.6 is 0 Å². The molecule has 126 valence electrons. The number of hydrogen-bond acceptors (Lipinski definition) is 3. The highest BCUT2D eigenvalue weighted by molar-refractivity contribution is 5.94. The Morgan fingerprint density at radius 3 is 2.42 bits per heavy atom. The van der Waals surface area contributed by atoms with Crippen molar-refractivity contribution in [2.24, 2.45) is 5.73 Å². The molecule has 24 heavy (non-hydrogen) atoms. The molecule has 1 heterocycles. The SMILES string of the molecule is CCc1ccc(C2CNCCN2C(=O)c2ccc(CN)cc2)cc1. The van der Waals surface area contributed by atoms with Crippen LogP contribution in [0.5, 0.6) is 0 Å². The largest absolute Gasteiger partial charge is 0.329 e. The Bertz CT molecular complexity index is 679. The van der Waals surface area contributed by atoms with Gasteiger partial charge in [-0.2, -0.15) is 0 Å². The first kappa shape index (κ1) is 16.7. The molecule has 3 rings (SSSR count). The normalized spacial score (nSPS) is 17.8. The fraction of sp³-hybridized carbons (Fsp3) is 0.350. The van der Waals surface area contributed by atoms with E-state index >= 15 is 0 Å². The second kappa shape index (κ2) is 7.60. The molecule has 1 fully saturated rings. The van der Waals surface area contributed by atoms with Gasteiger partial charge >= 0.3 is 0 Å². The van der Waals surface area contributed by atoms with Gasteiger partial charge in [0.2, 0.25) is 0 Å². The van der Waals surface area contributed by atoms with Crippen molar-refractivity contribution in [1.29, 1.82) is 0 Å². The van der Waals surface area contributed by atoms with E-state index in [0.29, 0.717) is 6.54 Å². The van der Waals surface area contributed by atoms with Crippen LogP contribution in [0.2, 0.25) is 0 Å². The van der Waals surface area contributed by atoms with Gasteiger partial charge in [0.1, 0.15) is 0 Å². The molecule has 2 aromatic rings. The number of nitrogens with one attached hydrogen (secondary N) is 1. The lowest BCUT2D eigenvalue weighted by atomic mass is 9.99. The van der Waals surface area contributed by atoms with E-state index in [-0.39, 0.29) is 11.9 Å². The van der Waals surface area contributed by atoms with Gasteiger partial charge in [0.05, 0.1) is 6.04 Å². The van der Waals surface area contributed by atoms with E-state index in [2.05, 4.69) is 36.5 Å². The maximum atomic E-state index is 13.0. The highest BCUT2D eigenvalue weighted by Gasteiger charge is 2.28. The zero-order chi connectivity index (χ0) is 16.9. The molecule has 0 saturated carbocycles. The summed E-state index contributed by atoms with van der Waals surface area (Å²) in [6, 6.07) is 16.3. The average Bonchev–Trinajstić information content (AvgIpc) is 2.67. The van der Waals surface area contributed by atoms with Gasteiger partial charge in [0, 0.05) is 31.7 Å². The molecule has 1 unspecified atom stereocenters. The van der Waals surface area contributed by atoms with Crippen molar-refractivity contribution in [3.05, 3.63) is 70.8 Å². The number of carbonyl (C=O) groups excluding carboxylic acids is 1. The fourth-order valence-electron chi connectivity index (χ4n) is 3.17. The van der Waals surface area contributed by atoms with Gasteiger partial charge in [-0.25, -0.2) is 0 Å². The molecule has 0 aliphatic carbocycles. The summed E-state index contributed by atoms with van der Waals surface area (Å²) in [5.41, 5.74) is 9.91. The third-order valence-corrected chi connectivity index (χ3v) is 4.71. The maximum absolute atomic E-state index is 13.0. The Morgan fingerprint density at radius 2 is 1.79 bits per heavy atom. The van der Waals surface area contributed by atoms with Crippen molar-refractivity contribution < 1.29 is 4.79 Å². The summed E-state index contributed by atoms with van der Waals surface area (Å²) in [6.07, 6.45) is 1.03. The van der Waals surface area contributed by atoms with Crippen LogP contribution in [0.15, 0.2) is 48.5 Å². The topological polar surface area (TPSA) is 58.4 Å². The predicted molar refractivity (Wildman–Crippen MR) is 96.8 cm³/mol. The molecule has 1 aliphatic rings. The van der Waals surface area contributed by atoms with Crippen LogP contribution in [0.3, 0.4) is 0 Å². The molecule has 3 N–H and O–H groups in total. The molecule has 0 spiro atoms. The van der Waals surface area contributed by atoms with Crippen molar-refractivity contribution in [3.8, 4) is 0 Å². The molecule has 2 aromatic carbocycles. The summed E-state index contributed by atoms with van der Waals surface area (Å²) in [6.45, 7) is 4.98. The Kier molecular flexibility index (Phi) is 5.28. The van der Waals surface area contributed by atoms with Crippen LogP contribution in [0.25, 0.3) is 0 Å². The second-order valence-electron chi connectivity index (χ2n) is 6.21. The zero-order valence-corrected chi connectivity index (χ0v) is 14.2. The first-order chi connectivity index (χ1) is 11.7. The average molecular weight is 323 g/mol. The van der Waals surface area contributed by atoms with Crippen molar-refractivity contribution in [3.63, 3.8) is 0 Å². The van der Waals surface area contributed by atoms with E-state index in [1.165, 1.54) is 11.1 Å². The Labute approximate surface area is 143 Å². The summed E-state index contributed by atoms with van der Waals surface area (Å²) in [4.78, 5) is 15.0. The van der Waals surface area contributed by atoms with E-state index in [1.54, 1.807) is 0 Å². The van der Waals surface area contributed by atoms with Gasteiger partial charge in [0.15, 0.2) is 0 Å². The molecule has 1 atom stereocenters. The van der Waals surface area contributed by atoms with Gasteiger partial charge < -0.3 is 16.0 Å².